The van der Waals surface area contributed by atoms with Crippen LogP contribution >= 0.6 is 0 Å². The lowest BCUT2D eigenvalue weighted by Gasteiger charge is -2.64. The Bertz CT molecular complexity index is 724. The molecule has 1 saturated carbocycles. The van der Waals surface area contributed by atoms with E-state index in [2.05, 4.69) is 4.90 Å². The van der Waals surface area contributed by atoms with Crippen LogP contribution in [0, 0.1) is 0 Å². The molecule has 2 aliphatic carbocycles. The topological polar surface area (TPSA) is 93.4 Å². The summed E-state index contributed by atoms with van der Waals surface area (Å²) >= 11 is 0. The number of aliphatic hydroxyl groups is 4. The van der Waals surface area contributed by atoms with E-state index in [4.69, 9.17) is 4.74 Å². The standard InChI is InChI=1S/C18H23NO5/c1-19-5-4-17-14-9-2-3-10(8-20)15(14)24-16(17)11(21)7-13(22)18(17,23)12(19)6-9/h2-3,11-13,16,20-23H,4-8H2,1H3/t11?,12?,13?,16-,17?,18-/m0/s1. The number of likely N-dealkylation sites (tertiary alicyclic amines) is 1. The molecule has 2 fully saturated rings. The van der Waals surface area contributed by atoms with Crippen LogP contribution in [-0.2, 0) is 18.4 Å². The van der Waals surface area contributed by atoms with Crippen LogP contribution in [0.15, 0.2) is 12.1 Å². The zero-order valence-corrected chi connectivity index (χ0v) is 13.6. The van der Waals surface area contributed by atoms with E-state index in [1.165, 1.54) is 0 Å². The van der Waals surface area contributed by atoms with Crippen LogP contribution < -0.4 is 4.74 Å². The fraction of sp³-hybridized carbons (Fsp3) is 0.667. The van der Waals surface area contributed by atoms with E-state index in [1.807, 2.05) is 19.2 Å². The Hall–Kier alpha value is -1.18. The molecule has 1 aromatic rings. The summed E-state index contributed by atoms with van der Waals surface area (Å²) < 4.78 is 6.16. The molecule has 0 aromatic heterocycles. The Balaban J connectivity index is 1.86. The summed E-state index contributed by atoms with van der Waals surface area (Å²) in [6, 6.07) is 3.65. The van der Waals surface area contributed by atoms with Crippen molar-refractivity contribution in [3.8, 4) is 5.75 Å². The first-order chi connectivity index (χ1) is 11.4. The van der Waals surface area contributed by atoms with Gasteiger partial charge in [0.25, 0.3) is 0 Å². The number of piperidine rings is 1. The zero-order valence-electron chi connectivity index (χ0n) is 13.6. The SMILES string of the molecule is CN1CCC23c4c5ccc(CO)c4O[C@H]2C(O)CC(O)[C@@]3(O)C1C5. The van der Waals surface area contributed by atoms with Gasteiger partial charge in [-0.25, -0.2) is 0 Å². The van der Waals surface area contributed by atoms with Crippen molar-refractivity contribution in [3.63, 3.8) is 0 Å². The zero-order chi connectivity index (χ0) is 16.9. The first-order valence-corrected chi connectivity index (χ1v) is 8.66. The van der Waals surface area contributed by atoms with Gasteiger partial charge in [-0.05, 0) is 32.0 Å². The van der Waals surface area contributed by atoms with Gasteiger partial charge < -0.3 is 30.1 Å². The Morgan fingerprint density at radius 3 is 2.88 bits per heavy atom. The average Bonchev–Trinajstić information content (AvgIpc) is 2.91. The molecule has 1 spiro atoms. The van der Waals surface area contributed by atoms with Gasteiger partial charge in [-0.1, -0.05) is 12.1 Å². The first kappa shape index (κ1) is 15.1. The van der Waals surface area contributed by atoms with Crippen molar-refractivity contribution in [2.24, 2.45) is 0 Å². The molecule has 2 heterocycles. The molecule has 4 aliphatic rings. The van der Waals surface area contributed by atoms with Crippen molar-refractivity contribution >= 4 is 0 Å². The summed E-state index contributed by atoms with van der Waals surface area (Å²) in [6.07, 6.45) is -1.07. The second-order valence-electron chi connectivity index (χ2n) is 7.85. The molecular formula is C18H23NO5. The van der Waals surface area contributed by atoms with E-state index in [0.717, 1.165) is 17.7 Å². The van der Waals surface area contributed by atoms with Crippen molar-refractivity contribution < 1.29 is 25.2 Å². The highest BCUT2D eigenvalue weighted by molar-refractivity contribution is 5.61. The maximum absolute atomic E-state index is 11.8. The molecule has 0 radical (unpaired) electrons. The lowest BCUT2D eigenvalue weighted by molar-refractivity contribution is -0.251. The molecule has 130 valence electrons. The van der Waals surface area contributed by atoms with Gasteiger partial charge in [0.15, 0.2) is 0 Å². The smallest absolute Gasteiger partial charge is 0.137 e. The van der Waals surface area contributed by atoms with E-state index < -0.39 is 29.3 Å². The van der Waals surface area contributed by atoms with E-state index in [9.17, 15) is 20.4 Å². The molecule has 2 aliphatic heterocycles. The summed E-state index contributed by atoms with van der Waals surface area (Å²) in [5.41, 5.74) is 0.515. The van der Waals surface area contributed by atoms with Gasteiger partial charge in [0.1, 0.15) is 17.5 Å². The molecule has 4 unspecified atom stereocenters. The maximum Gasteiger partial charge on any atom is 0.137 e. The van der Waals surface area contributed by atoms with Gasteiger partial charge in [-0.15, -0.1) is 0 Å². The second kappa shape index (κ2) is 4.51. The molecule has 24 heavy (non-hydrogen) atoms. The van der Waals surface area contributed by atoms with Crippen LogP contribution in [0.3, 0.4) is 0 Å². The highest BCUT2D eigenvalue weighted by Gasteiger charge is 2.75. The monoisotopic (exact) mass is 333 g/mol. The summed E-state index contributed by atoms with van der Waals surface area (Å²) in [4.78, 5) is 2.12. The number of ether oxygens (including phenoxy) is 1. The third-order valence-corrected chi connectivity index (χ3v) is 7.02. The van der Waals surface area contributed by atoms with Crippen LogP contribution in [0.2, 0.25) is 0 Å². The van der Waals surface area contributed by atoms with Crippen molar-refractivity contribution in [1.29, 1.82) is 0 Å². The molecule has 6 heteroatoms. The molecule has 0 amide bonds. The Labute approximate surface area is 140 Å². The Kier molecular flexibility index (Phi) is 2.84. The third-order valence-electron chi connectivity index (χ3n) is 7.02. The van der Waals surface area contributed by atoms with Crippen LogP contribution in [0.5, 0.6) is 5.75 Å². The van der Waals surface area contributed by atoms with Gasteiger partial charge in [0.2, 0.25) is 0 Å². The van der Waals surface area contributed by atoms with Gasteiger partial charge in [-0.3, -0.25) is 0 Å². The van der Waals surface area contributed by atoms with E-state index in [0.29, 0.717) is 24.2 Å². The normalized spacial score (nSPS) is 45.7. The predicted octanol–water partition coefficient (Wildman–Crippen LogP) is -0.706. The highest BCUT2D eigenvalue weighted by atomic mass is 16.5. The quantitative estimate of drug-likeness (QED) is 0.543. The fourth-order valence-corrected chi connectivity index (χ4v) is 5.97. The van der Waals surface area contributed by atoms with Crippen molar-refractivity contribution in [2.75, 3.05) is 13.6 Å². The Morgan fingerprint density at radius 1 is 1.33 bits per heavy atom. The van der Waals surface area contributed by atoms with Crippen LogP contribution in [-0.4, -0.2) is 68.9 Å². The second-order valence-corrected chi connectivity index (χ2v) is 7.85. The van der Waals surface area contributed by atoms with Crippen molar-refractivity contribution in [3.05, 3.63) is 28.8 Å². The number of benzene rings is 1. The highest BCUT2D eigenvalue weighted by Crippen LogP contribution is 2.64. The van der Waals surface area contributed by atoms with Gasteiger partial charge in [0.05, 0.1) is 24.2 Å². The van der Waals surface area contributed by atoms with Gasteiger partial charge >= 0.3 is 0 Å². The summed E-state index contributed by atoms with van der Waals surface area (Å²) in [5, 5.41) is 42.9. The molecule has 1 aromatic carbocycles. The summed E-state index contributed by atoms with van der Waals surface area (Å²) in [7, 11) is 1.98. The predicted molar refractivity (Wildman–Crippen MR) is 84.8 cm³/mol. The third kappa shape index (κ3) is 1.39. The minimum Gasteiger partial charge on any atom is -0.486 e. The number of hydrogen-bond donors (Lipinski definition) is 4. The lowest BCUT2D eigenvalue weighted by Crippen LogP contribution is -2.81. The van der Waals surface area contributed by atoms with Crippen LogP contribution in [0.1, 0.15) is 29.5 Å². The number of likely N-dealkylation sites (N-methyl/N-ethyl adjacent to an activating group) is 1. The summed E-state index contributed by atoms with van der Waals surface area (Å²) in [6.45, 7) is 0.625. The first-order valence-electron chi connectivity index (χ1n) is 8.66. The molecular weight excluding hydrogens is 310 g/mol. The maximum atomic E-state index is 11.8. The molecule has 1 saturated heterocycles. The number of aliphatic hydroxyl groups excluding tert-OH is 3. The van der Waals surface area contributed by atoms with Gasteiger partial charge in [-0.2, -0.15) is 0 Å². The van der Waals surface area contributed by atoms with E-state index in [1.54, 1.807) is 0 Å². The van der Waals surface area contributed by atoms with Crippen LogP contribution in [0.4, 0.5) is 0 Å². The summed E-state index contributed by atoms with van der Waals surface area (Å²) in [5.74, 6) is 0.606. The fourth-order valence-electron chi connectivity index (χ4n) is 5.97. The van der Waals surface area contributed by atoms with E-state index >= 15 is 0 Å². The van der Waals surface area contributed by atoms with E-state index in [-0.39, 0.29) is 19.1 Å². The lowest BCUT2D eigenvalue weighted by atomic mass is 9.48. The number of rotatable bonds is 1. The minimum atomic E-state index is -1.35. The van der Waals surface area contributed by atoms with Gasteiger partial charge in [0, 0.05) is 23.6 Å². The molecule has 6 atom stereocenters. The Morgan fingerprint density at radius 2 is 2.12 bits per heavy atom. The largest absolute Gasteiger partial charge is 0.486 e. The molecule has 5 rings (SSSR count). The number of nitrogens with zero attached hydrogens (tertiary/aromatic N) is 1. The average molecular weight is 333 g/mol. The molecule has 4 N–H and O–H groups in total. The number of hydrogen-bond acceptors (Lipinski definition) is 6. The minimum absolute atomic E-state index is 0.102. The van der Waals surface area contributed by atoms with Crippen LogP contribution in [0.25, 0.3) is 0 Å². The van der Waals surface area contributed by atoms with Crippen molar-refractivity contribution in [2.45, 2.75) is 61.2 Å². The molecule has 2 bridgehead atoms. The van der Waals surface area contributed by atoms with Crippen molar-refractivity contribution in [1.82, 2.24) is 4.90 Å². The molecule has 6 nitrogen and oxygen atoms in total.